The lowest BCUT2D eigenvalue weighted by molar-refractivity contribution is -0.137. The molecule has 0 aliphatic heterocycles. The highest BCUT2D eigenvalue weighted by molar-refractivity contribution is 9.11. The van der Waals surface area contributed by atoms with Crippen LogP contribution in [0.3, 0.4) is 0 Å². The molecule has 0 radical (unpaired) electrons. The van der Waals surface area contributed by atoms with Gasteiger partial charge in [0.2, 0.25) is 0 Å². The van der Waals surface area contributed by atoms with Crippen LogP contribution in [0.1, 0.15) is 5.56 Å². The van der Waals surface area contributed by atoms with Gasteiger partial charge in [-0.25, -0.2) is 0 Å². The van der Waals surface area contributed by atoms with Crippen LogP contribution in [0, 0.1) is 0 Å². The fourth-order valence-corrected chi connectivity index (χ4v) is 1.76. The van der Waals surface area contributed by atoms with E-state index in [9.17, 15) is 13.2 Å². The third kappa shape index (κ3) is 2.17. The second-order valence-electron chi connectivity index (χ2n) is 2.32. The molecular formula is C7H4Br2F3N. The molecule has 0 spiro atoms. The van der Waals surface area contributed by atoms with E-state index in [0.717, 1.165) is 0 Å². The summed E-state index contributed by atoms with van der Waals surface area (Å²) in [5.74, 6) is 0. The molecule has 0 atom stereocenters. The average molecular weight is 319 g/mol. The lowest BCUT2D eigenvalue weighted by Gasteiger charge is -2.12. The van der Waals surface area contributed by atoms with Gasteiger partial charge in [0.1, 0.15) is 0 Å². The molecule has 72 valence electrons. The molecule has 1 rings (SSSR count). The molecule has 0 saturated heterocycles. The maximum atomic E-state index is 12.4. The second kappa shape index (κ2) is 3.49. The van der Waals surface area contributed by atoms with Crippen molar-refractivity contribution in [3.63, 3.8) is 0 Å². The maximum absolute atomic E-state index is 12.4. The zero-order valence-corrected chi connectivity index (χ0v) is 9.29. The van der Waals surface area contributed by atoms with Crippen molar-refractivity contribution in [1.82, 2.24) is 0 Å². The van der Waals surface area contributed by atoms with E-state index in [-0.39, 0.29) is 14.6 Å². The van der Waals surface area contributed by atoms with Gasteiger partial charge >= 0.3 is 6.18 Å². The van der Waals surface area contributed by atoms with Gasteiger partial charge < -0.3 is 5.73 Å². The van der Waals surface area contributed by atoms with E-state index in [2.05, 4.69) is 31.9 Å². The van der Waals surface area contributed by atoms with Gasteiger partial charge in [0.15, 0.2) is 0 Å². The van der Waals surface area contributed by atoms with Gasteiger partial charge in [0, 0.05) is 8.95 Å². The van der Waals surface area contributed by atoms with Crippen molar-refractivity contribution >= 4 is 37.5 Å². The third-order valence-corrected chi connectivity index (χ3v) is 2.78. The molecule has 0 bridgehead atoms. The van der Waals surface area contributed by atoms with Crippen molar-refractivity contribution in [2.24, 2.45) is 0 Å². The zero-order chi connectivity index (χ0) is 10.2. The normalized spacial score (nSPS) is 11.8. The molecule has 6 heteroatoms. The summed E-state index contributed by atoms with van der Waals surface area (Å²) < 4.78 is 37.3. The Morgan fingerprint density at radius 2 is 1.54 bits per heavy atom. The number of benzene rings is 1. The van der Waals surface area contributed by atoms with Gasteiger partial charge in [-0.2, -0.15) is 13.2 Å². The van der Waals surface area contributed by atoms with Gasteiger partial charge in [0.05, 0.1) is 11.3 Å². The van der Waals surface area contributed by atoms with Gasteiger partial charge in [-0.1, -0.05) is 15.9 Å². The Kier molecular flexibility index (Phi) is 2.91. The Labute approximate surface area is 89.4 Å². The first kappa shape index (κ1) is 10.8. The molecule has 0 fully saturated rings. The van der Waals surface area contributed by atoms with E-state index in [1.807, 2.05) is 0 Å². The molecule has 1 aromatic carbocycles. The van der Waals surface area contributed by atoms with Crippen molar-refractivity contribution in [3.8, 4) is 0 Å². The fraction of sp³-hybridized carbons (Fsp3) is 0.143. The van der Waals surface area contributed by atoms with E-state index in [1.165, 1.54) is 12.1 Å². The van der Waals surface area contributed by atoms with E-state index >= 15 is 0 Å². The standard InChI is InChI=1S/C7H4Br2F3N/c8-3-1-2-4(9)6(13)5(3)7(10,11)12/h1-2H,13H2. The van der Waals surface area contributed by atoms with Crippen LogP contribution in [-0.2, 0) is 6.18 Å². The highest BCUT2D eigenvalue weighted by Crippen LogP contribution is 2.41. The van der Waals surface area contributed by atoms with Gasteiger partial charge in [0.25, 0.3) is 0 Å². The summed E-state index contributed by atoms with van der Waals surface area (Å²) in [6.45, 7) is 0. The molecule has 0 unspecified atom stereocenters. The Hall–Kier alpha value is -0.230. The highest BCUT2D eigenvalue weighted by atomic mass is 79.9. The Balaban J connectivity index is 3.43. The van der Waals surface area contributed by atoms with Crippen LogP contribution in [0.4, 0.5) is 18.9 Å². The van der Waals surface area contributed by atoms with Crippen LogP contribution in [0.2, 0.25) is 0 Å². The smallest absolute Gasteiger partial charge is 0.397 e. The summed E-state index contributed by atoms with van der Waals surface area (Å²) in [6.07, 6.45) is -4.44. The minimum Gasteiger partial charge on any atom is -0.397 e. The Morgan fingerprint density at radius 3 is 1.92 bits per heavy atom. The molecule has 0 aliphatic carbocycles. The van der Waals surface area contributed by atoms with Crippen LogP contribution < -0.4 is 5.73 Å². The molecule has 0 heterocycles. The van der Waals surface area contributed by atoms with E-state index in [1.54, 1.807) is 0 Å². The lowest BCUT2D eigenvalue weighted by atomic mass is 10.2. The van der Waals surface area contributed by atoms with Crippen LogP contribution in [0.25, 0.3) is 0 Å². The number of nitrogens with two attached hydrogens (primary N) is 1. The van der Waals surface area contributed by atoms with E-state index < -0.39 is 11.7 Å². The summed E-state index contributed by atoms with van der Waals surface area (Å²) in [4.78, 5) is 0. The number of hydrogen-bond acceptors (Lipinski definition) is 1. The van der Waals surface area contributed by atoms with Gasteiger partial charge in [-0.05, 0) is 28.1 Å². The van der Waals surface area contributed by atoms with Crippen molar-refractivity contribution in [2.75, 3.05) is 5.73 Å². The lowest BCUT2D eigenvalue weighted by Crippen LogP contribution is -2.10. The van der Waals surface area contributed by atoms with Crippen molar-refractivity contribution in [1.29, 1.82) is 0 Å². The van der Waals surface area contributed by atoms with Gasteiger partial charge in [-0.15, -0.1) is 0 Å². The SMILES string of the molecule is Nc1c(Br)ccc(Br)c1C(F)(F)F. The summed E-state index contributed by atoms with van der Waals surface area (Å²) in [6, 6.07) is 2.75. The van der Waals surface area contributed by atoms with E-state index in [4.69, 9.17) is 5.73 Å². The average Bonchev–Trinajstić information content (AvgIpc) is 1.95. The topological polar surface area (TPSA) is 26.0 Å². The second-order valence-corrected chi connectivity index (χ2v) is 4.02. The summed E-state index contributed by atoms with van der Waals surface area (Å²) in [5.41, 5.74) is 4.12. The molecule has 0 amide bonds. The zero-order valence-electron chi connectivity index (χ0n) is 6.12. The summed E-state index contributed by atoms with van der Waals surface area (Å²) in [5, 5.41) is 0. The largest absolute Gasteiger partial charge is 0.419 e. The number of nitrogen functional groups attached to an aromatic ring is 1. The number of rotatable bonds is 0. The monoisotopic (exact) mass is 317 g/mol. The first-order chi connectivity index (χ1) is 5.84. The van der Waals surface area contributed by atoms with Crippen LogP contribution >= 0.6 is 31.9 Å². The predicted octanol–water partition coefficient (Wildman–Crippen LogP) is 3.81. The number of halogens is 5. The van der Waals surface area contributed by atoms with Crippen molar-refractivity contribution in [2.45, 2.75) is 6.18 Å². The molecule has 2 N–H and O–H groups in total. The number of anilines is 1. The molecular weight excluding hydrogens is 315 g/mol. The molecule has 1 aromatic rings. The summed E-state index contributed by atoms with van der Waals surface area (Å²) >= 11 is 5.72. The van der Waals surface area contributed by atoms with Crippen molar-refractivity contribution < 1.29 is 13.2 Å². The van der Waals surface area contributed by atoms with Crippen LogP contribution in [0.5, 0.6) is 0 Å². The first-order valence-corrected chi connectivity index (χ1v) is 4.73. The molecule has 0 aromatic heterocycles. The van der Waals surface area contributed by atoms with Crippen molar-refractivity contribution in [3.05, 3.63) is 26.6 Å². The Bertz CT molecular complexity index is 335. The quantitative estimate of drug-likeness (QED) is 0.723. The molecule has 1 nitrogen and oxygen atoms in total. The third-order valence-electron chi connectivity index (χ3n) is 1.42. The predicted molar refractivity (Wildman–Crippen MR) is 51.3 cm³/mol. The minimum absolute atomic E-state index is 0.0549. The maximum Gasteiger partial charge on any atom is 0.419 e. The first-order valence-electron chi connectivity index (χ1n) is 3.14. The minimum atomic E-state index is -4.44. The number of alkyl halides is 3. The van der Waals surface area contributed by atoms with Crippen LogP contribution in [0.15, 0.2) is 21.1 Å². The fourth-order valence-electron chi connectivity index (χ4n) is 0.856. The molecule has 0 saturated carbocycles. The highest BCUT2D eigenvalue weighted by Gasteiger charge is 2.35. The van der Waals surface area contributed by atoms with Gasteiger partial charge in [-0.3, -0.25) is 0 Å². The van der Waals surface area contributed by atoms with Crippen LogP contribution in [-0.4, -0.2) is 0 Å². The van der Waals surface area contributed by atoms with E-state index in [0.29, 0.717) is 0 Å². The molecule has 0 aliphatic rings. The number of hydrogen-bond donors (Lipinski definition) is 1. The Morgan fingerprint density at radius 1 is 1.08 bits per heavy atom. The summed E-state index contributed by atoms with van der Waals surface area (Å²) in [7, 11) is 0. The molecule has 13 heavy (non-hydrogen) atoms.